The molecule has 0 amide bonds. The SMILES string of the molecule is CCCCCCCCCC(O)c1ccccc1O. The Bertz CT molecular complexity index is 323. The highest BCUT2D eigenvalue weighted by atomic mass is 16.3. The Balaban J connectivity index is 2.14. The second kappa shape index (κ2) is 8.98. The second-order valence-corrected chi connectivity index (χ2v) is 4.98. The van der Waals surface area contributed by atoms with Crippen LogP contribution in [0.3, 0.4) is 0 Å². The van der Waals surface area contributed by atoms with E-state index in [9.17, 15) is 10.2 Å². The third-order valence-electron chi connectivity index (χ3n) is 3.38. The number of benzene rings is 1. The topological polar surface area (TPSA) is 40.5 Å². The second-order valence-electron chi connectivity index (χ2n) is 4.98. The number of unbranched alkanes of at least 4 members (excludes halogenated alkanes) is 6. The smallest absolute Gasteiger partial charge is 0.121 e. The van der Waals surface area contributed by atoms with Gasteiger partial charge in [0.05, 0.1) is 6.10 Å². The van der Waals surface area contributed by atoms with Crippen molar-refractivity contribution < 1.29 is 10.2 Å². The molecule has 1 aromatic carbocycles. The molecule has 2 N–H and O–H groups in total. The summed E-state index contributed by atoms with van der Waals surface area (Å²) in [6, 6.07) is 7.05. The number of aliphatic hydroxyl groups is 1. The van der Waals surface area contributed by atoms with Gasteiger partial charge in [0.15, 0.2) is 0 Å². The normalized spacial score (nSPS) is 12.6. The van der Waals surface area contributed by atoms with Crippen molar-refractivity contribution in [3.63, 3.8) is 0 Å². The minimum Gasteiger partial charge on any atom is -0.508 e. The van der Waals surface area contributed by atoms with Gasteiger partial charge >= 0.3 is 0 Å². The van der Waals surface area contributed by atoms with Crippen LogP contribution in [0.15, 0.2) is 24.3 Å². The molecule has 0 aliphatic rings. The highest BCUT2D eigenvalue weighted by molar-refractivity contribution is 5.33. The minimum absolute atomic E-state index is 0.202. The van der Waals surface area contributed by atoms with Crippen LogP contribution in [0, 0.1) is 0 Å². The Morgan fingerprint density at radius 1 is 0.944 bits per heavy atom. The fraction of sp³-hybridized carbons (Fsp3) is 0.625. The Morgan fingerprint density at radius 3 is 2.22 bits per heavy atom. The number of phenolic OH excluding ortho intramolecular Hbond substituents is 1. The van der Waals surface area contributed by atoms with Gasteiger partial charge in [0.2, 0.25) is 0 Å². The van der Waals surface area contributed by atoms with Gasteiger partial charge in [0.1, 0.15) is 5.75 Å². The molecule has 1 unspecified atom stereocenters. The molecule has 0 aliphatic carbocycles. The number of phenols is 1. The zero-order valence-electron chi connectivity index (χ0n) is 11.4. The summed E-state index contributed by atoms with van der Waals surface area (Å²) in [5.41, 5.74) is 0.656. The van der Waals surface area contributed by atoms with Gasteiger partial charge < -0.3 is 10.2 Å². The van der Waals surface area contributed by atoms with Crippen LogP contribution in [0.1, 0.15) is 70.0 Å². The summed E-state index contributed by atoms with van der Waals surface area (Å²) in [5, 5.41) is 19.6. The summed E-state index contributed by atoms with van der Waals surface area (Å²) in [6.45, 7) is 2.22. The van der Waals surface area contributed by atoms with Crippen molar-refractivity contribution in [2.24, 2.45) is 0 Å². The van der Waals surface area contributed by atoms with Crippen LogP contribution >= 0.6 is 0 Å². The van der Waals surface area contributed by atoms with Crippen molar-refractivity contribution in [1.29, 1.82) is 0 Å². The first-order valence-corrected chi connectivity index (χ1v) is 7.21. The van der Waals surface area contributed by atoms with Crippen LogP contribution in [0.5, 0.6) is 5.75 Å². The lowest BCUT2D eigenvalue weighted by Crippen LogP contribution is -1.97. The zero-order valence-corrected chi connectivity index (χ0v) is 11.4. The first kappa shape index (κ1) is 15.0. The largest absolute Gasteiger partial charge is 0.508 e. The van der Waals surface area contributed by atoms with Gasteiger partial charge in [-0.25, -0.2) is 0 Å². The van der Waals surface area contributed by atoms with Crippen molar-refractivity contribution in [2.75, 3.05) is 0 Å². The van der Waals surface area contributed by atoms with E-state index in [1.807, 2.05) is 6.07 Å². The number of aromatic hydroxyl groups is 1. The lowest BCUT2D eigenvalue weighted by atomic mass is 10.0. The standard InChI is InChI=1S/C16H26O2/c1-2-3-4-5-6-7-8-12-15(17)14-11-9-10-13-16(14)18/h9-11,13,15,17-18H,2-8,12H2,1H3. The van der Waals surface area contributed by atoms with E-state index in [-0.39, 0.29) is 5.75 Å². The van der Waals surface area contributed by atoms with Gasteiger partial charge in [-0.2, -0.15) is 0 Å². The van der Waals surface area contributed by atoms with Gasteiger partial charge in [0.25, 0.3) is 0 Å². The Labute approximate surface area is 111 Å². The lowest BCUT2D eigenvalue weighted by molar-refractivity contribution is 0.159. The molecule has 0 bridgehead atoms. The summed E-state index contributed by atoms with van der Waals surface area (Å²) in [7, 11) is 0. The predicted molar refractivity (Wildman–Crippen MR) is 75.7 cm³/mol. The molecule has 18 heavy (non-hydrogen) atoms. The van der Waals surface area contributed by atoms with E-state index in [1.165, 1.54) is 38.5 Å². The van der Waals surface area contributed by atoms with Gasteiger partial charge in [-0.1, -0.05) is 70.1 Å². The Kier molecular flexibility index (Phi) is 7.51. The molecule has 1 rings (SSSR count). The molecule has 0 aromatic heterocycles. The fourth-order valence-electron chi connectivity index (χ4n) is 2.22. The quantitative estimate of drug-likeness (QED) is 0.630. The summed E-state index contributed by atoms with van der Waals surface area (Å²) in [4.78, 5) is 0. The Hall–Kier alpha value is -1.02. The summed E-state index contributed by atoms with van der Waals surface area (Å²) < 4.78 is 0. The molecule has 0 saturated heterocycles. The minimum atomic E-state index is -0.526. The average Bonchev–Trinajstić information content (AvgIpc) is 2.38. The van der Waals surface area contributed by atoms with Crippen LogP contribution in [0.25, 0.3) is 0 Å². The molecular formula is C16H26O2. The van der Waals surface area contributed by atoms with Crippen LogP contribution in [-0.4, -0.2) is 10.2 Å². The molecule has 102 valence electrons. The fourth-order valence-corrected chi connectivity index (χ4v) is 2.22. The summed E-state index contributed by atoms with van der Waals surface area (Å²) in [5.74, 6) is 0.202. The molecule has 0 saturated carbocycles. The number of hydrogen-bond acceptors (Lipinski definition) is 2. The Morgan fingerprint density at radius 2 is 1.56 bits per heavy atom. The predicted octanol–water partition coefficient (Wildman–Crippen LogP) is 4.57. The van der Waals surface area contributed by atoms with E-state index in [4.69, 9.17) is 0 Å². The maximum Gasteiger partial charge on any atom is 0.121 e. The molecular weight excluding hydrogens is 224 g/mol. The van der Waals surface area contributed by atoms with Gasteiger partial charge in [-0.05, 0) is 12.5 Å². The van der Waals surface area contributed by atoms with Crippen LogP contribution in [-0.2, 0) is 0 Å². The summed E-state index contributed by atoms with van der Waals surface area (Å²) >= 11 is 0. The lowest BCUT2D eigenvalue weighted by Gasteiger charge is -2.12. The van der Waals surface area contributed by atoms with Crippen LogP contribution < -0.4 is 0 Å². The average molecular weight is 250 g/mol. The number of hydrogen-bond donors (Lipinski definition) is 2. The van der Waals surface area contributed by atoms with Crippen LogP contribution in [0.4, 0.5) is 0 Å². The first-order valence-electron chi connectivity index (χ1n) is 7.21. The van der Waals surface area contributed by atoms with E-state index in [0.717, 1.165) is 12.8 Å². The maximum atomic E-state index is 9.98. The molecule has 0 aliphatic heterocycles. The molecule has 0 fully saturated rings. The molecule has 1 atom stereocenters. The van der Waals surface area contributed by atoms with Crippen molar-refractivity contribution in [1.82, 2.24) is 0 Å². The molecule has 2 nitrogen and oxygen atoms in total. The molecule has 0 radical (unpaired) electrons. The van der Waals surface area contributed by atoms with Crippen LogP contribution in [0.2, 0.25) is 0 Å². The van der Waals surface area contributed by atoms with E-state index in [1.54, 1.807) is 18.2 Å². The number of rotatable bonds is 9. The zero-order chi connectivity index (χ0) is 13.2. The van der Waals surface area contributed by atoms with Gasteiger partial charge in [-0.15, -0.1) is 0 Å². The third kappa shape index (κ3) is 5.54. The van der Waals surface area contributed by atoms with Crippen molar-refractivity contribution in [3.8, 4) is 5.75 Å². The van der Waals surface area contributed by atoms with Crippen molar-refractivity contribution >= 4 is 0 Å². The number of para-hydroxylation sites is 1. The van der Waals surface area contributed by atoms with Gasteiger partial charge in [0, 0.05) is 5.56 Å². The molecule has 0 spiro atoms. The number of aliphatic hydroxyl groups excluding tert-OH is 1. The molecule has 1 aromatic rings. The van der Waals surface area contributed by atoms with Gasteiger partial charge in [-0.3, -0.25) is 0 Å². The highest BCUT2D eigenvalue weighted by Gasteiger charge is 2.10. The van der Waals surface area contributed by atoms with E-state index < -0.39 is 6.10 Å². The monoisotopic (exact) mass is 250 g/mol. The molecule has 0 heterocycles. The maximum absolute atomic E-state index is 9.98. The summed E-state index contributed by atoms with van der Waals surface area (Å²) in [6.07, 6.45) is 8.93. The van der Waals surface area contributed by atoms with Crippen molar-refractivity contribution in [3.05, 3.63) is 29.8 Å². The third-order valence-corrected chi connectivity index (χ3v) is 3.38. The van der Waals surface area contributed by atoms with E-state index >= 15 is 0 Å². The first-order chi connectivity index (χ1) is 8.75. The highest BCUT2D eigenvalue weighted by Crippen LogP contribution is 2.27. The van der Waals surface area contributed by atoms with E-state index in [2.05, 4.69) is 6.92 Å². The van der Waals surface area contributed by atoms with Crippen molar-refractivity contribution in [2.45, 2.75) is 64.4 Å². The van der Waals surface area contributed by atoms with E-state index in [0.29, 0.717) is 5.56 Å². The molecule has 2 heteroatoms.